The Morgan fingerprint density at radius 1 is 1.23 bits per heavy atom. The highest BCUT2D eigenvalue weighted by Crippen LogP contribution is 2.32. The molecule has 1 N–H and O–H groups in total. The number of phenolic OH excluding ortho intramolecular Hbond substituents is 1. The zero-order chi connectivity index (χ0) is 22.2. The molecule has 1 aliphatic carbocycles. The third-order valence-corrected chi connectivity index (χ3v) is 5.52. The minimum Gasteiger partial charge on any atom is -0.507 e. The van der Waals surface area contributed by atoms with Gasteiger partial charge in [0, 0.05) is 24.5 Å². The lowest BCUT2D eigenvalue weighted by Crippen LogP contribution is -2.53. The standard InChI is InChI=1S/C24H30N2O5/c1-24(2,3)31-23(29)25-10-11-30-21(15-25)22(28)26(18-8-9-18)14-16-12-17-6-4-5-7-19(17)20(27)13-16/h4-7,12-13,18,21,27H,8-11,14-15H2,1-3H3/t21-/m1/s1. The van der Waals surface area contributed by atoms with Crippen LogP contribution in [0.5, 0.6) is 5.75 Å². The SMILES string of the molecule is CC(C)(C)OC(=O)N1CCO[C@@H](C(=O)N(Cc2cc(O)c3ccccc3c2)C2CC2)C1. The summed E-state index contributed by atoms with van der Waals surface area (Å²) in [4.78, 5) is 29.2. The summed E-state index contributed by atoms with van der Waals surface area (Å²) in [5.41, 5.74) is 0.281. The van der Waals surface area contributed by atoms with E-state index in [1.807, 2.05) is 56.0 Å². The Balaban J connectivity index is 1.48. The second-order valence-electron chi connectivity index (χ2n) is 9.32. The average Bonchev–Trinajstić information content (AvgIpc) is 3.56. The molecule has 1 aliphatic heterocycles. The quantitative estimate of drug-likeness (QED) is 0.807. The van der Waals surface area contributed by atoms with Gasteiger partial charge in [-0.05, 0) is 56.7 Å². The van der Waals surface area contributed by atoms with Gasteiger partial charge in [-0.3, -0.25) is 4.79 Å². The van der Waals surface area contributed by atoms with Crippen LogP contribution in [0.2, 0.25) is 0 Å². The lowest BCUT2D eigenvalue weighted by molar-refractivity contribution is -0.150. The first kappa shape index (κ1) is 21.4. The van der Waals surface area contributed by atoms with Gasteiger partial charge in [-0.15, -0.1) is 0 Å². The predicted octanol–water partition coefficient (Wildman–Crippen LogP) is 3.67. The van der Waals surface area contributed by atoms with Crippen molar-refractivity contribution >= 4 is 22.8 Å². The summed E-state index contributed by atoms with van der Waals surface area (Å²) in [7, 11) is 0. The Hall–Kier alpha value is -2.80. The van der Waals surface area contributed by atoms with Gasteiger partial charge in [0.15, 0.2) is 6.10 Å². The molecule has 0 radical (unpaired) electrons. The third-order valence-electron chi connectivity index (χ3n) is 5.52. The monoisotopic (exact) mass is 426 g/mol. The van der Waals surface area contributed by atoms with Gasteiger partial charge in [0.1, 0.15) is 11.4 Å². The number of carbonyl (C=O) groups excluding carboxylic acids is 2. The molecule has 2 aromatic carbocycles. The predicted molar refractivity (Wildman–Crippen MR) is 117 cm³/mol. The molecule has 1 saturated heterocycles. The van der Waals surface area contributed by atoms with Crippen LogP contribution in [0, 0.1) is 0 Å². The second kappa shape index (κ2) is 8.38. The zero-order valence-corrected chi connectivity index (χ0v) is 18.3. The lowest BCUT2D eigenvalue weighted by Gasteiger charge is -2.36. The molecule has 1 heterocycles. The first-order valence-corrected chi connectivity index (χ1v) is 10.8. The highest BCUT2D eigenvalue weighted by atomic mass is 16.6. The van der Waals surface area contributed by atoms with Crippen LogP contribution < -0.4 is 0 Å². The fourth-order valence-electron chi connectivity index (χ4n) is 3.89. The van der Waals surface area contributed by atoms with Crippen molar-refractivity contribution in [2.45, 2.75) is 57.9 Å². The highest BCUT2D eigenvalue weighted by molar-refractivity contribution is 5.89. The summed E-state index contributed by atoms with van der Waals surface area (Å²) in [6.45, 7) is 6.74. The number of phenols is 1. The molecule has 0 unspecified atom stereocenters. The van der Waals surface area contributed by atoms with Gasteiger partial charge in [-0.2, -0.15) is 0 Å². The molecule has 7 heteroatoms. The maximum Gasteiger partial charge on any atom is 0.410 e. The summed E-state index contributed by atoms with van der Waals surface area (Å²) in [5.74, 6) is 0.0877. The van der Waals surface area contributed by atoms with Gasteiger partial charge in [-0.1, -0.05) is 24.3 Å². The first-order valence-electron chi connectivity index (χ1n) is 10.8. The Morgan fingerprint density at radius 3 is 2.68 bits per heavy atom. The molecule has 1 atom stereocenters. The maximum absolute atomic E-state index is 13.3. The fraction of sp³-hybridized carbons (Fsp3) is 0.500. The van der Waals surface area contributed by atoms with Crippen LogP contribution in [-0.2, 0) is 20.8 Å². The maximum atomic E-state index is 13.3. The second-order valence-corrected chi connectivity index (χ2v) is 9.32. The van der Waals surface area contributed by atoms with E-state index >= 15 is 0 Å². The van der Waals surface area contributed by atoms with Crippen LogP contribution in [0.1, 0.15) is 39.2 Å². The largest absolute Gasteiger partial charge is 0.507 e. The molecule has 0 spiro atoms. The normalized spacial score (nSPS) is 19.3. The minimum absolute atomic E-state index is 0.122. The molecule has 4 rings (SSSR count). The van der Waals surface area contributed by atoms with Crippen molar-refractivity contribution in [3.63, 3.8) is 0 Å². The van der Waals surface area contributed by atoms with Crippen LogP contribution >= 0.6 is 0 Å². The molecule has 31 heavy (non-hydrogen) atoms. The molecule has 0 bridgehead atoms. The van der Waals surface area contributed by atoms with Gasteiger partial charge in [0.05, 0.1) is 13.2 Å². The fourth-order valence-corrected chi connectivity index (χ4v) is 3.89. The number of nitrogens with zero attached hydrogens (tertiary/aromatic N) is 2. The van der Waals surface area contributed by atoms with Crippen LogP contribution in [0.25, 0.3) is 10.8 Å². The molecule has 2 aromatic rings. The third kappa shape index (κ3) is 5.10. The lowest BCUT2D eigenvalue weighted by atomic mass is 10.1. The van der Waals surface area contributed by atoms with Gasteiger partial charge in [0.25, 0.3) is 5.91 Å². The van der Waals surface area contributed by atoms with E-state index in [0.717, 1.165) is 29.2 Å². The van der Waals surface area contributed by atoms with E-state index in [4.69, 9.17) is 9.47 Å². The van der Waals surface area contributed by atoms with E-state index in [0.29, 0.717) is 19.7 Å². The first-order chi connectivity index (χ1) is 14.7. The number of hydrogen-bond acceptors (Lipinski definition) is 5. The number of ether oxygens (including phenoxy) is 2. The summed E-state index contributed by atoms with van der Waals surface area (Å²) in [5, 5.41) is 12.1. The highest BCUT2D eigenvalue weighted by Gasteiger charge is 2.39. The topological polar surface area (TPSA) is 79.3 Å². The van der Waals surface area contributed by atoms with Crippen molar-refractivity contribution < 1.29 is 24.2 Å². The van der Waals surface area contributed by atoms with Crippen molar-refractivity contribution in [1.82, 2.24) is 9.80 Å². The summed E-state index contributed by atoms with van der Waals surface area (Å²) in [6.07, 6.45) is 0.767. The smallest absolute Gasteiger partial charge is 0.410 e. The minimum atomic E-state index is -0.712. The van der Waals surface area contributed by atoms with Gasteiger partial charge in [-0.25, -0.2) is 4.79 Å². The Labute approximate surface area is 182 Å². The Kier molecular flexibility index (Phi) is 5.79. The van der Waals surface area contributed by atoms with Gasteiger partial charge in [0.2, 0.25) is 0 Å². The van der Waals surface area contributed by atoms with Crippen molar-refractivity contribution in [2.24, 2.45) is 0 Å². The van der Waals surface area contributed by atoms with E-state index in [1.54, 1.807) is 11.0 Å². The van der Waals surface area contributed by atoms with E-state index in [2.05, 4.69) is 0 Å². The van der Waals surface area contributed by atoms with Crippen LogP contribution in [0.15, 0.2) is 36.4 Å². The van der Waals surface area contributed by atoms with E-state index < -0.39 is 17.8 Å². The van der Waals surface area contributed by atoms with E-state index in [9.17, 15) is 14.7 Å². The number of benzene rings is 2. The number of morpholine rings is 1. The number of fused-ring (bicyclic) bond motifs is 1. The average molecular weight is 427 g/mol. The molecule has 2 amide bonds. The summed E-state index contributed by atoms with van der Waals surface area (Å²) >= 11 is 0. The molecule has 0 aromatic heterocycles. The number of amides is 2. The number of rotatable bonds is 4. The summed E-state index contributed by atoms with van der Waals surface area (Å²) in [6, 6.07) is 11.5. The zero-order valence-electron chi connectivity index (χ0n) is 18.3. The van der Waals surface area contributed by atoms with Crippen molar-refractivity contribution in [3.8, 4) is 5.75 Å². The van der Waals surface area contributed by atoms with Crippen molar-refractivity contribution in [1.29, 1.82) is 0 Å². The Bertz CT molecular complexity index is 980. The van der Waals surface area contributed by atoms with Gasteiger partial charge < -0.3 is 24.4 Å². The molecule has 7 nitrogen and oxygen atoms in total. The van der Waals surface area contributed by atoms with E-state index in [1.165, 1.54) is 0 Å². The van der Waals surface area contributed by atoms with Crippen molar-refractivity contribution in [2.75, 3.05) is 19.7 Å². The van der Waals surface area contributed by atoms with Gasteiger partial charge >= 0.3 is 6.09 Å². The van der Waals surface area contributed by atoms with Crippen LogP contribution in [-0.4, -0.2) is 64.4 Å². The van der Waals surface area contributed by atoms with Crippen LogP contribution in [0.4, 0.5) is 4.79 Å². The Morgan fingerprint density at radius 2 is 1.97 bits per heavy atom. The van der Waals surface area contributed by atoms with Crippen molar-refractivity contribution in [3.05, 3.63) is 42.0 Å². The molecular formula is C24H30N2O5. The number of carbonyl (C=O) groups is 2. The molecule has 2 fully saturated rings. The van der Waals surface area contributed by atoms with Crippen LogP contribution in [0.3, 0.4) is 0 Å². The number of hydrogen-bond donors (Lipinski definition) is 1. The molecule has 166 valence electrons. The molecular weight excluding hydrogens is 396 g/mol. The molecule has 1 saturated carbocycles. The van der Waals surface area contributed by atoms with E-state index in [-0.39, 0.29) is 24.2 Å². The summed E-state index contributed by atoms with van der Waals surface area (Å²) < 4.78 is 11.2. The number of aromatic hydroxyl groups is 1. The molecule has 2 aliphatic rings.